The van der Waals surface area contributed by atoms with Crippen LogP contribution < -0.4 is 4.74 Å². The van der Waals surface area contributed by atoms with Crippen molar-refractivity contribution in [2.24, 2.45) is 22.4 Å². The van der Waals surface area contributed by atoms with E-state index in [-0.39, 0.29) is 11.2 Å². The van der Waals surface area contributed by atoms with E-state index in [9.17, 15) is 4.79 Å². The normalized spacial score (nSPS) is 37.2. The Kier molecular flexibility index (Phi) is 3.26. The molecule has 1 aromatic rings. The zero-order valence-electron chi connectivity index (χ0n) is 13.7. The standard InChI is InChI=1S/C19H23NO3/c1-19-8-7-14-13-6-4-12(23-2)9-11(13)3-5-15(14)16(19)10-17(20-22)18(19)21/h4,6,9,14-16,22H,3,5,7-8,10H2,1-2H3/b20-17+/t14-,15+,16+,19+/m1/s1. The molecule has 0 amide bonds. The third-order valence-electron chi connectivity index (χ3n) is 6.64. The number of Topliss-reactive ketones (excluding diaryl/α,β-unsaturated/α-hetero) is 1. The van der Waals surface area contributed by atoms with Crippen LogP contribution in [-0.4, -0.2) is 23.8 Å². The number of hydrogen-bond acceptors (Lipinski definition) is 4. The molecule has 0 spiro atoms. The number of fused-ring (bicyclic) bond motifs is 5. The van der Waals surface area contributed by atoms with Gasteiger partial charge in [0, 0.05) is 11.8 Å². The first kappa shape index (κ1) is 14.7. The summed E-state index contributed by atoms with van der Waals surface area (Å²) in [6, 6.07) is 6.43. The second-order valence-corrected chi connectivity index (χ2v) is 7.52. The molecule has 2 saturated carbocycles. The molecule has 122 valence electrons. The zero-order chi connectivity index (χ0) is 16.2. The van der Waals surface area contributed by atoms with Gasteiger partial charge in [0.1, 0.15) is 11.5 Å². The molecule has 1 aromatic carbocycles. The van der Waals surface area contributed by atoms with E-state index in [2.05, 4.69) is 30.3 Å². The maximum atomic E-state index is 12.6. The van der Waals surface area contributed by atoms with Gasteiger partial charge in [-0.2, -0.15) is 0 Å². The highest BCUT2D eigenvalue weighted by Crippen LogP contribution is 2.59. The SMILES string of the molecule is COc1ccc2c(c1)CC[C@H]1[C@@H]2CC[C@]2(C)C(=O)/C(=N/O)C[C@@H]12. The number of carbonyl (C=O) groups excluding carboxylic acids is 1. The van der Waals surface area contributed by atoms with Crippen molar-refractivity contribution in [3.8, 4) is 5.75 Å². The predicted molar refractivity (Wildman–Crippen MR) is 87.2 cm³/mol. The number of aryl methyl sites for hydroxylation is 1. The first-order valence-corrected chi connectivity index (χ1v) is 8.51. The Bertz CT molecular complexity index is 696. The Morgan fingerprint density at radius 2 is 2.17 bits per heavy atom. The molecule has 0 heterocycles. The molecule has 4 atom stereocenters. The smallest absolute Gasteiger partial charge is 0.186 e. The van der Waals surface area contributed by atoms with Crippen molar-refractivity contribution in [1.29, 1.82) is 0 Å². The van der Waals surface area contributed by atoms with E-state index >= 15 is 0 Å². The molecule has 1 N–H and O–H groups in total. The highest BCUT2D eigenvalue weighted by molar-refractivity contribution is 6.43. The van der Waals surface area contributed by atoms with Crippen LogP contribution in [0.4, 0.5) is 0 Å². The number of methoxy groups -OCH3 is 1. The van der Waals surface area contributed by atoms with Crippen molar-refractivity contribution in [3.63, 3.8) is 0 Å². The van der Waals surface area contributed by atoms with Crippen molar-refractivity contribution >= 4 is 11.5 Å². The number of hydrogen-bond donors (Lipinski definition) is 1. The lowest BCUT2D eigenvalue weighted by Crippen LogP contribution is -2.42. The van der Waals surface area contributed by atoms with Gasteiger partial charge < -0.3 is 9.94 Å². The molecule has 4 rings (SSSR count). The molecule has 4 heteroatoms. The van der Waals surface area contributed by atoms with Gasteiger partial charge in [0.25, 0.3) is 0 Å². The third-order valence-corrected chi connectivity index (χ3v) is 6.64. The molecule has 0 radical (unpaired) electrons. The van der Waals surface area contributed by atoms with Crippen LogP contribution in [0, 0.1) is 17.3 Å². The minimum Gasteiger partial charge on any atom is -0.497 e. The number of oxime groups is 1. The van der Waals surface area contributed by atoms with Crippen LogP contribution >= 0.6 is 0 Å². The number of benzene rings is 1. The van der Waals surface area contributed by atoms with Gasteiger partial charge in [0.2, 0.25) is 0 Å². The molecular formula is C19H23NO3. The Morgan fingerprint density at radius 3 is 2.91 bits per heavy atom. The molecule has 3 aliphatic rings. The average Bonchev–Trinajstić information content (AvgIpc) is 2.85. The summed E-state index contributed by atoms with van der Waals surface area (Å²) in [4.78, 5) is 12.6. The molecule has 0 bridgehead atoms. The number of nitrogens with zero attached hydrogens (tertiary/aromatic N) is 1. The van der Waals surface area contributed by atoms with Gasteiger partial charge in [-0.15, -0.1) is 0 Å². The van der Waals surface area contributed by atoms with Gasteiger partial charge in [-0.1, -0.05) is 18.1 Å². The van der Waals surface area contributed by atoms with Crippen molar-refractivity contribution in [2.75, 3.05) is 7.11 Å². The summed E-state index contributed by atoms with van der Waals surface area (Å²) in [5.74, 6) is 2.35. The molecule has 2 fully saturated rings. The maximum Gasteiger partial charge on any atom is 0.186 e. The maximum absolute atomic E-state index is 12.6. The van der Waals surface area contributed by atoms with E-state index in [1.807, 2.05) is 0 Å². The van der Waals surface area contributed by atoms with E-state index in [0.29, 0.717) is 29.9 Å². The fourth-order valence-corrected chi connectivity index (χ4v) is 5.38. The summed E-state index contributed by atoms with van der Waals surface area (Å²) in [5.41, 5.74) is 2.89. The van der Waals surface area contributed by atoms with Crippen LogP contribution in [0.25, 0.3) is 0 Å². The van der Waals surface area contributed by atoms with Crippen molar-refractivity contribution in [1.82, 2.24) is 0 Å². The van der Waals surface area contributed by atoms with Gasteiger partial charge in [-0.05, 0) is 66.7 Å². The zero-order valence-corrected chi connectivity index (χ0v) is 13.7. The number of rotatable bonds is 1. The minimum absolute atomic E-state index is 0.0731. The van der Waals surface area contributed by atoms with Crippen LogP contribution in [-0.2, 0) is 11.2 Å². The number of ether oxygens (including phenoxy) is 1. The summed E-state index contributed by atoms with van der Waals surface area (Å²) in [7, 11) is 1.71. The molecule has 0 saturated heterocycles. The highest BCUT2D eigenvalue weighted by Gasteiger charge is 2.57. The van der Waals surface area contributed by atoms with Crippen LogP contribution in [0.5, 0.6) is 5.75 Å². The van der Waals surface area contributed by atoms with Crippen molar-refractivity contribution in [3.05, 3.63) is 29.3 Å². The summed E-state index contributed by atoms with van der Waals surface area (Å²) in [6.45, 7) is 2.08. The number of ketones is 1. The predicted octanol–water partition coefficient (Wildman–Crippen LogP) is 3.56. The van der Waals surface area contributed by atoms with Crippen LogP contribution in [0.15, 0.2) is 23.4 Å². The van der Waals surface area contributed by atoms with Gasteiger partial charge in [-0.25, -0.2) is 0 Å². The quantitative estimate of drug-likeness (QED) is 0.637. The lowest BCUT2D eigenvalue weighted by Gasteiger charge is -2.47. The molecule has 3 aliphatic carbocycles. The fourth-order valence-electron chi connectivity index (χ4n) is 5.38. The lowest BCUT2D eigenvalue weighted by atomic mass is 9.55. The average molecular weight is 313 g/mol. The van der Waals surface area contributed by atoms with Crippen LogP contribution in [0.3, 0.4) is 0 Å². The van der Waals surface area contributed by atoms with Gasteiger partial charge >= 0.3 is 0 Å². The number of carbonyl (C=O) groups is 1. The Balaban J connectivity index is 1.71. The summed E-state index contributed by atoms with van der Waals surface area (Å²) < 4.78 is 5.36. The van der Waals surface area contributed by atoms with E-state index in [1.54, 1.807) is 7.11 Å². The Hall–Kier alpha value is -1.84. The second kappa shape index (κ2) is 5.08. The van der Waals surface area contributed by atoms with Crippen molar-refractivity contribution in [2.45, 2.75) is 44.9 Å². The van der Waals surface area contributed by atoms with E-state index < -0.39 is 0 Å². The monoisotopic (exact) mass is 313 g/mol. The van der Waals surface area contributed by atoms with Crippen molar-refractivity contribution < 1.29 is 14.7 Å². The summed E-state index contributed by atoms with van der Waals surface area (Å²) >= 11 is 0. The Morgan fingerprint density at radius 1 is 1.35 bits per heavy atom. The Labute approximate surface area is 136 Å². The highest BCUT2D eigenvalue weighted by atomic mass is 16.5. The van der Waals surface area contributed by atoms with Gasteiger partial charge in [0.05, 0.1) is 7.11 Å². The first-order chi connectivity index (χ1) is 11.1. The van der Waals surface area contributed by atoms with Gasteiger partial charge in [0.15, 0.2) is 5.78 Å². The molecular weight excluding hydrogens is 290 g/mol. The fraction of sp³-hybridized carbons (Fsp3) is 0.579. The van der Waals surface area contributed by atoms with Gasteiger partial charge in [-0.3, -0.25) is 4.79 Å². The molecule has 0 aromatic heterocycles. The minimum atomic E-state index is -0.327. The molecule has 4 nitrogen and oxygen atoms in total. The van der Waals surface area contributed by atoms with E-state index in [1.165, 1.54) is 11.1 Å². The van der Waals surface area contributed by atoms with Crippen LogP contribution in [0.2, 0.25) is 0 Å². The van der Waals surface area contributed by atoms with E-state index in [0.717, 1.165) is 31.4 Å². The molecule has 23 heavy (non-hydrogen) atoms. The third kappa shape index (κ3) is 1.97. The molecule has 0 unspecified atom stereocenters. The summed E-state index contributed by atoms with van der Waals surface area (Å²) in [5, 5.41) is 12.5. The second-order valence-electron chi connectivity index (χ2n) is 7.52. The first-order valence-electron chi connectivity index (χ1n) is 8.51. The van der Waals surface area contributed by atoms with E-state index in [4.69, 9.17) is 9.94 Å². The topological polar surface area (TPSA) is 58.9 Å². The molecule has 0 aliphatic heterocycles. The summed E-state index contributed by atoms with van der Waals surface area (Å²) in [6.07, 6.45) is 4.72. The van der Waals surface area contributed by atoms with Crippen LogP contribution in [0.1, 0.15) is 49.7 Å². The lowest BCUT2D eigenvalue weighted by molar-refractivity contribution is -0.125. The largest absolute Gasteiger partial charge is 0.497 e.